The molecule has 148 valence electrons. The largest absolute Gasteiger partial charge is 0.352 e. The normalized spacial score (nSPS) is 25.8. The summed E-state index contributed by atoms with van der Waals surface area (Å²) in [4.78, 5) is 64.3. The Hall–Kier alpha value is -2.45. The number of likely N-dealkylation sites (N-methyl/N-ethyl adjacent to an activating group) is 1. The summed E-state index contributed by atoms with van der Waals surface area (Å²) in [6.07, 6.45) is 5.40. The van der Waals surface area contributed by atoms with Crippen LogP contribution in [0.5, 0.6) is 0 Å². The lowest BCUT2D eigenvalue weighted by atomic mass is 9.85. The second kappa shape index (κ2) is 7.66. The molecular formula is C18H26N4O5. The number of carbonyl (C=O) groups is 5. The minimum absolute atomic E-state index is 0.129. The number of urea groups is 1. The standard InChI is InChI=1S/C18H26N4O5/c1-11-5-3-4-6-13(11)22-17(26)16(25)21(18(22)27)10-15(24)20(2)9-14(23)19-12-7-8-12/h11-13H,3-10H2,1-2H3,(H,19,23)/t11-,13+/m0/s1. The van der Waals surface area contributed by atoms with Gasteiger partial charge in [-0.1, -0.05) is 19.8 Å². The number of hydrogen-bond donors (Lipinski definition) is 1. The average molecular weight is 378 g/mol. The maximum atomic E-state index is 12.7. The van der Waals surface area contributed by atoms with Gasteiger partial charge in [0, 0.05) is 19.1 Å². The highest BCUT2D eigenvalue weighted by atomic mass is 16.2. The van der Waals surface area contributed by atoms with Crippen molar-refractivity contribution in [1.82, 2.24) is 20.0 Å². The van der Waals surface area contributed by atoms with Crippen molar-refractivity contribution in [2.24, 2.45) is 5.92 Å². The number of imide groups is 2. The fourth-order valence-electron chi connectivity index (χ4n) is 3.69. The van der Waals surface area contributed by atoms with Gasteiger partial charge in [-0.15, -0.1) is 0 Å². The highest BCUT2D eigenvalue weighted by Gasteiger charge is 2.49. The van der Waals surface area contributed by atoms with Gasteiger partial charge in [-0.05, 0) is 31.6 Å². The molecule has 0 spiro atoms. The van der Waals surface area contributed by atoms with Gasteiger partial charge in [0.05, 0.1) is 6.54 Å². The first kappa shape index (κ1) is 19.3. The van der Waals surface area contributed by atoms with E-state index in [1.807, 2.05) is 6.92 Å². The second-order valence-electron chi connectivity index (χ2n) is 7.77. The first-order chi connectivity index (χ1) is 12.8. The molecule has 0 unspecified atom stereocenters. The summed E-state index contributed by atoms with van der Waals surface area (Å²) in [5, 5.41) is 2.77. The van der Waals surface area contributed by atoms with Crippen molar-refractivity contribution >= 4 is 29.7 Å². The lowest BCUT2D eigenvalue weighted by Gasteiger charge is -2.34. The Morgan fingerprint density at radius 3 is 2.37 bits per heavy atom. The van der Waals surface area contributed by atoms with E-state index in [-0.39, 0.29) is 30.5 Å². The number of amides is 6. The predicted octanol–water partition coefficient (Wildman–Crippen LogP) is 0.0929. The summed E-state index contributed by atoms with van der Waals surface area (Å²) in [5.41, 5.74) is 0. The molecule has 0 bridgehead atoms. The van der Waals surface area contributed by atoms with Crippen molar-refractivity contribution in [2.75, 3.05) is 20.1 Å². The molecule has 9 heteroatoms. The van der Waals surface area contributed by atoms with Crippen LogP contribution < -0.4 is 5.32 Å². The van der Waals surface area contributed by atoms with Crippen molar-refractivity contribution in [3.05, 3.63) is 0 Å². The van der Waals surface area contributed by atoms with Crippen LogP contribution in [0.1, 0.15) is 45.4 Å². The Labute approximate surface area is 158 Å². The molecule has 1 aliphatic heterocycles. The van der Waals surface area contributed by atoms with Crippen LogP contribution in [-0.4, -0.2) is 76.6 Å². The van der Waals surface area contributed by atoms with Crippen molar-refractivity contribution in [2.45, 2.75) is 57.5 Å². The number of rotatable bonds is 6. The van der Waals surface area contributed by atoms with Crippen molar-refractivity contribution in [3.63, 3.8) is 0 Å². The molecule has 1 saturated heterocycles. The molecule has 1 heterocycles. The molecule has 0 aromatic heterocycles. The summed E-state index contributed by atoms with van der Waals surface area (Å²) in [5.74, 6) is -2.54. The first-order valence-corrected chi connectivity index (χ1v) is 9.52. The van der Waals surface area contributed by atoms with Gasteiger partial charge in [0.25, 0.3) is 0 Å². The van der Waals surface area contributed by atoms with Crippen LogP contribution in [-0.2, 0) is 19.2 Å². The maximum Gasteiger partial charge on any atom is 0.334 e. The summed E-state index contributed by atoms with van der Waals surface area (Å²) < 4.78 is 0. The maximum absolute atomic E-state index is 12.7. The summed E-state index contributed by atoms with van der Waals surface area (Å²) in [7, 11) is 1.43. The van der Waals surface area contributed by atoms with Gasteiger partial charge >= 0.3 is 17.8 Å². The average Bonchev–Trinajstić information content (AvgIpc) is 3.40. The lowest BCUT2D eigenvalue weighted by molar-refractivity contribution is -0.146. The molecule has 1 N–H and O–H groups in total. The predicted molar refractivity (Wildman–Crippen MR) is 94.2 cm³/mol. The van der Waals surface area contributed by atoms with Crippen LogP contribution >= 0.6 is 0 Å². The molecule has 0 radical (unpaired) electrons. The highest BCUT2D eigenvalue weighted by Crippen LogP contribution is 2.31. The summed E-state index contributed by atoms with van der Waals surface area (Å²) in [6.45, 7) is 1.28. The third-order valence-electron chi connectivity index (χ3n) is 5.52. The van der Waals surface area contributed by atoms with Gasteiger partial charge in [-0.25, -0.2) is 9.69 Å². The van der Waals surface area contributed by atoms with E-state index >= 15 is 0 Å². The zero-order valence-corrected chi connectivity index (χ0v) is 15.8. The molecule has 0 aromatic rings. The lowest BCUT2D eigenvalue weighted by Crippen LogP contribution is -2.48. The van der Waals surface area contributed by atoms with Gasteiger partial charge in [0.1, 0.15) is 6.54 Å². The number of nitrogens with one attached hydrogen (secondary N) is 1. The quantitative estimate of drug-likeness (QED) is 0.521. The smallest absolute Gasteiger partial charge is 0.334 e. The van der Waals surface area contributed by atoms with Crippen molar-refractivity contribution < 1.29 is 24.0 Å². The fraction of sp³-hybridized carbons (Fsp3) is 0.722. The van der Waals surface area contributed by atoms with Crippen molar-refractivity contribution in [1.29, 1.82) is 0 Å². The van der Waals surface area contributed by atoms with E-state index < -0.39 is 30.3 Å². The molecule has 6 amide bonds. The van der Waals surface area contributed by atoms with Crippen LogP contribution in [0.2, 0.25) is 0 Å². The van der Waals surface area contributed by atoms with E-state index in [2.05, 4.69) is 5.32 Å². The van der Waals surface area contributed by atoms with Crippen LogP contribution in [0, 0.1) is 5.92 Å². The molecule has 27 heavy (non-hydrogen) atoms. The Morgan fingerprint density at radius 1 is 1.07 bits per heavy atom. The molecule has 3 fully saturated rings. The first-order valence-electron chi connectivity index (χ1n) is 9.52. The molecular weight excluding hydrogens is 352 g/mol. The second-order valence-corrected chi connectivity index (χ2v) is 7.77. The van der Waals surface area contributed by atoms with Gasteiger partial charge in [-0.3, -0.25) is 24.1 Å². The van der Waals surface area contributed by atoms with E-state index in [1.54, 1.807) is 0 Å². The van der Waals surface area contributed by atoms with Crippen molar-refractivity contribution in [3.8, 4) is 0 Å². The molecule has 2 atom stereocenters. The Bertz CT molecular complexity index is 675. The van der Waals surface area contributed by atoms with E-state index in [4.69, 9.17) is 0 Å². The molecule has 0 aromatic carbocycles. The fourth-order valence-corrected chi connectivity index (χ4v) is 3.69. The molecule has 3 rings (SSSR count). The van der Waals surface area contributed by atoms with Crippen LogP contribution in [0.15, 0.2) is 0 Å². The minimum atomic E-state index is -0.970. The van der Waals surface area contributed by atoms with Crippen LogP contribution in [0.25, 0.3) is 0 Å². The van der Waals surface area contributed by atoms with Gasteiger partial charge in [-0.2, -0.15) is 0 Å². The zero-order valence-electron chi connectivity index (χ0n) is 15.8. The van der Waals surface area contributed by atoms with E-state index in [9.17, 15) is 24.0 Å². The Kier molecular flexibility index (Phi) is 5.48. The third-order valence-corrected chi connectivity index (χ3v) is 5.52. The van der Waals surface area contributed by atoms with E-state index in [0.717, 1.165) is 41.9 Å². The summed E-state index contributed by atoms with van der Waals surface area (Å²) >= 11 is 0. The monoisotopic (exact) mass is 378 g/mol. The third kappa shape index (κ3) is 4.12. The Balaban J connectivity index is 1.61. The summed E-state index contributed by atoms with van der Waals surface area (Å²) in [6, 6.07) is -0.843. The number of hydrogen-bond acceptors (Lipinski definition) is 5. The van der Waals surface area contributed by atoms with Gasteiger partial charge in [0.15, 0.2) is 0 Å². The number of carbonyl (C=O) groups excluding carboxylic acids is 5. The molecule has 3 aliphatic rings. The molecule has 2 saturated carbocycles. The van der Waals surface area contributed by atoms with Gasteiger partial charge < -0.3 is 10.2 Å². The zero-order chi connectivity index (χ0) is 19.7. The Morgan fingerprint density at radius 2 is 1.74 bits per heavy atom. The van der Waals surface area contributed by atoms with Gasteiger partial charge in [0.2, 0.25) is 11.8 Å². The molecule has 9 nitrogen and oxygen atoms in total. The minimum Gasteiger partial charge on any atom is -0.352 e. The van der Waals surface area contributed by atoms with E-state index in [1.165, 1.54) is 7.05 Å². The number of nitrogens with zero attached hydrogens (tertiary/aromatic N) is 3. The molecule has 2 aliphatic carbocycles. The highest BCUT2D eigenvalue weighted by molar-refractivity contribution is 6.45. The topological polar surface area (TPSA) is 107 Å². The SMILES string of the molecule is C[C@H]1CCCC[C@H]1N1C(=O)C(=O)N(CC(=O)N(C)CC(=O)NC2CC2)C1=O. The van der Waals surface area contributed by atoms with E-state index in [0.29, 0.717) is 11.3 Å². The van der Waals surface area contributed by atoms with Crippen LogP contribution in [0.3, 0.4) is 0 Å². The van der Waals surface area contributed by atoms with Crippen LogP contribution in [0.4, 0.5) is 4.79 Å².